The van der Waals surface area contributed by atoms with Crippen LogP contribution in [0.1, 0.15) is 22.6 Å². The van der Waals surface area contributed by atoms with Crippen LogP contribution in [0.5, 0.6) is 17.2 Å². The van der Waals surface area contributed by atoms with Crippen LogP contribution in [0.25, 0.3) is 21.9 Å². The number of fused-ring (bicyclic) bond motifs is 5. The number of benzene rings is 3. The second kappa shape index (κ2) is 6.73. The molecule has 5 aromatic rings. The number of hydrogen-bond donors (Lipinski definition) is 1. The zero-order chi connectivity index (χ0) is 22.0. The summed E-state index contributed by atoms with van der Waals surface area (Å²) in [6.07, 6.45) is 0. The van der Waals surface area contributed by atoms with E-state index in [-0.39, 0.29) is 28.2 Å². The Labute approximate surface area is 184 Å². The molecule has 0 saturated heterocycles. The molecule has 0 amide bonds. The van der Waals surface area contributed by atoms with E-state index in [1.54, 1.807) is 66.7 Å². The van der Waals surface area contributed by atoms with E-state index in [4.69, 9.17) is 25.2 Å². The SMILES string of the molecule is O=c1oc2ccccc2c(O)c1[C@H]1c2cc(Cl)ccc2Oc2c1c(=O)oc1ccccc21. The van der Waals surface area contributed by atoms with Crippen molar-refractivity contribution in [2.75, 3.05) is 0 Å². The Morgan fingerprint density at radius 1 is 0.781 bits per heavy atom. The minimum atomic E-state index is -1.01. The fraction of sp³-hybridized carbons (Fsp3) is 0.0400. The maximum Gasteiger partial charge on any atom is 0.344 e. The van der Waals surface area contributed by atoms with E-state index < -0.39 is 17.2 Å². The van der Waals surface area contributed by atoms with Gasteiger partial charge in [0.05, 0.1) is 27.8 Å². The Morgan fingerprint density at radius 3 is 2.16 bits per heavy atom. The van der Waals surface area contributed by atoms with E-state index in [9.17, 15) is 14.7 Å². The normalized spacial score (nSPS) is 14.7. The topological polar surface area (TPSA) is 89.9 Å². The minimum Gasteiger partial charge on any atom is -0.507 e. The summed E-state index contributed by atoms with van der Waals surface area (Å²) in [5.74, 6) is -0.597. The first-order valence-electron chi connectivity index (χ1n) is 9.80. The van der Waals surface area contributed by atoms with Gasteiger partial charge in [-0.05, 0) is 42.5 Å². The van der Waals surface area contributed by atoms with Crippen LogP contribution in [0, 0.1) is 0 Å². The number of hydrogen-bond acceptors (Lipinski definition) is 6. The summed E-state index contributed by atoms with van der Waals surface area (Å²) in [5, 5.41) is 12.4. The van der Waals surface area contributed by atoms with Crippen molar-refractivity contribution in [3.05, 3.63) is 109 Å². The lowest BCUT2D eigenvalue weighted by Gasteiger charge is -2.28. The summed E-state index contributed by atoms with van der Waals surface area (Å²) in [7, 11) is 0. The quantitative estimate of drug-likeness (QED) is 0.335. The molecule has 0 radical (unpaired) electrons. The first-order chi connectivity index (χ1) is 15.5. The maximum absolute atomic E-state index is 13.1. The molecular weight excluding hydrogens is 432 g/mol. The van der Waals surface area contributed by atoms with Crippen molar-refractivity contribution in [1.82, 2.24) is 0 Å². The van der Waals surface area contributed by atoms with Crippen LogP contribution in [-0.4, -0.2) is 5.11 Å². The lowest BCUT2D eigenvalue weighted by molar-refractivity contribution is 0.425. The highest BCUT2D eigenvalue weighted by Gasteiger charge is 2.38. The van der Waals surface area contributed by atoms with Crippen molar-refractivity contribution in [2.24, 2.45) is 0 Å². The molecule has 1 aliphatic rings. The molecule has 0 saturated carbocycles. The van der Waals surface area contributed by atoms with Crippen molar-refractivity contribution >= 4 is 33.5 Å². The Bertz CT molecular complexity index is 1660. The molecule has 32 heavy (non-hydrogen) atoms. The molecule has 156 valence electrons. The molecule has 0 aliphatic carbocycles. The molecule has 0 fully saturated rings. The van der Waals surface area contributed by atoms with Gasteiger partial charge in [0.1, 0.15) is 28.4 Å². The van der Waals surface area contributed by atoms with Crippen LogP contribution >= 0.6 is 11.6 Å². The van der Waals surface area contributed by atoms with Gasteiger partial charge in [-0.15, -0.1) is 0 Å². The molecule has 2 aromatic heterocycles. The number of para-hydroxylation sites is 2. The highest BCUT2D eigenvalue weighted by atomic mass is 35.5. The van der Waals surface area contributed by atoms with E-state index in [0.717, 1.165) is 0 Å². The van der Waals surface area contributed by atoms with Gasteiger partial charge in [-0.25, -0.2) is 9.59 Å². The second-order valence-corrected chi connectivity index (χ2v) is 7.93. The summed E-state index contributed by atoms with van der Waals surface area (Å²) in [5.41, 5.74) is -0.398. The van der Waals surface area contributed by atoms with Gasteiger partial charge in [0, 0.05) is 10.6 Å². The minimum absolute atomic E-state index is 0.0839. The zero-order valence-corrected chi connectivity index (χ0v) is 17.1. The lowest BCUT2D eigenvalue weighted by Crippen LogP contribution is -2.24. The highest BCUT2D eigenvalue weighted by molar-refractivity contribution is 6.30. The first kappa shape index (κ1) is 18.7. The van der Waals surface area contributed by atoms with Crippen molar-refractivity contribution in [1.29, 1.82) is 0 Å². The number of halogens is 1. The molecule has 6 rings (SSSR count). The predicted octanol–water partition coefficient (Wildman–Crippen LogP) is 5.54. The van der Waals surface area contributed by atoms with E-state index in [0.29, 0.717) is 32.7 Å². The first-order valence-corrected chi connectivity index (χ1v) is 10.2. The van der Waals surface area contributed by atoms with E-state index >= 15 is 0 Å². The van der Waals surface area contributed by atoms with E-state index in [1.165, 1.54) is 0 Å². The monoisotopic (exact) mass is 444 g/mol. The molecular formula is C25H13ClO6. The highest BCUT2D eigenvalue weighted by Crippen LogP contribution is 2.50. The van der Waals surface area contributed by atoms with Crippen molar-refractivity contribution in [3.8, 4) is 17.2 Å². The van der Waals surface area contributed by atoms with E-state index in [1.807, 2.05) is 0 Å². The molecule has 1 N–H and O–H groups in total. The van der Waals surface area contributed by atoms with Crippen LogP contribution in [0.2, 0.25) is 5.02 Å². The second-order valence-electron chi connectivity index (χ2n) is 7.49. The Kier molecular flexibility index (Phi) is 3.94. The Balaban J connectivity index is 1.78. The largest absolute Gasteiger partial charge is 0.507 e. The fourth-order valence-electron chi connectivity index (χ4n) is 4.30. The summed E-state index contributed by atoms with van der Waals surface area (Å²) in [4.78, 5) is 26.2. The molecule has 3 heterocycles. The van der Waals surface area contributed by atoms with Gasteiger partial charge < -0.3 is 18.7 Å². The summed E-state index contributed by atoms with van der Waals surface area (Å²) in [6.45, 7) is 0. The van der Waals surface area contributed by atoms with Gasteiger partial charge in [-0.3, -0.25) is 0 Å². The van der Waals surface area contributed by atoms with Crippen LogP contribution in [0.3, 0.4) is 0 Å². The smallest absolute Gasteiger partial charge is 0.344 e. The molecule has 0 spiro atoms. The fourth-order valence-corrected chi connectivity index (χ4v) is 4.48. The van der Waals surface area contributed by atoms with Crippen LogP contribution < -0.4 is 16.0 Å². The van der Waals surface area contributed by atoms with Gasteiger partial charge in [-0.2, -0.15) is 0 Å². The molecule has 0 bridgehead atoms. The van der Waals surface area contributed by atoms with Crippen LogP contribution in [0.4, 0.5) is 0 Å². The van der Waals surface area contributed by atoms with Gasteiger partial charge in [0.2, 0.25) is 0 Å². The number of aromatic hydroxyl groups is 1. The van der Waals surface area contributed by atoms with Crippen molar-refractivity contribution in [3.63, 3.8) is 0 Å². The molecule has 0 unspecified atom stereocenters. The van der Waals surface area contributed by atoms with Gasteiger partial charge in [0.25, 0.3) is 0 Å². The third kappa shape index (κ3) is 2.60. The summed E-state index contributed by atoms with van der Waals surface area (Å²) in [6, 6.07) is 18.5. The number of ether oxygens (including phenoxy) is 1. The standard InChI is InChI=1S/C25H13ClO6/c26-12-9-10-18-15(11-12)19(20-22(27)13-5-1-3-7-16(13)31-24(20)28)21-23(30-18)14-6-2-4-8-17(14)32-25(21)29/h1-11,19,27H/t19-/m1/s1. The van der Waals surface area contributed by atoms with Crippen molar-refractivity contribution < 1.29 is 18.7 Å². The molecule has 3 aromatic carbocycles. The zero-order valence-electron chi connectivity index (χ0n) is 16.3. The van der Waals surface area contributed by atoms with Gasteiger partial charge in [0.15, 0.2) is 0 Å². The van der Waals surface area contributed by atoms with Crippen LogP contribution in [-0.2, 0) is 0 Å². The van der Waals surface area contributed by atoms with Gasteiger partial charge >= 0.3 is 11.3 Å². The summed E-state index contributed by atoms with van der Waals surface area (Å²) < 4.78 is 17.1. The summed E-state index contributed by atoms with van der Waals surface area (Å²) >= 11 is 6.24. The lowest BCUT2D eigenvalue weighted by atomic mass is 9.82. The predicted molar refractivity (Wildman–Crippen MR) is 119 cm³/mol. The molecule has 1 aliphatic heterocycles. The van der Waals surface area contributed by atoms with Crippen molar-refractivity contribution in [2.45, 2.75) is 5.92 Å². The average molecular weight is 445 g/mol. The third-order valence-electron chi connectivity index (χ3n) is 5.69. The Morgan fingerprint density at radius 2 is 1.41 bits per heavy atom. The average Bonchev–Trinajstić information content (AvgIpc) is 2.79. The van der Waals surface area contributed by atoms with Crippen LogP contribution in [0.15, 0.2) is 85.2 Å². The molecule has 7 heteroatoms. The Hall–Kier alpha value is -4.03. The van der Waals surface area contributed by atoms with Gasteiger partial charge in [-0.1, -0.05) is 35.9 Å². The third-order valence-corrected chi connectivity index (χ3v) is 5.93. The maximum atomic E-state index is 13.1. The van der Waals surface area contributed by atoms with E-state index in [2.05, 4.69) is 0 Å². The molecule has 1 atom stereocenters. The number of rotatable bonds is 1. The molecule has 6 nitrogen and oxygen atoms in total.